The van der Waals surface area contributed by atoms with Crippen LogP contribution >= 0.6 is 23.2 Å². The van der Waals surface area contributed by atoms with Crippen LogP contribution in [-0.4, -0.2) is 18.5 Å². The number of halogens is 2. The van der Waals surface area contributed by atoms with Gasteiger partial charge in [0.1, 0.15) is 0 Å². The lowest BCUT2D eigenvalue weighted by Crippen LogP contribution is -2.45. The van der Waals surface area contributed by atoms with Crippen molar-refractivity contribution in [3.8, 4) is 0 Å². The molecule has 0 aromatic rings. The topological polar surface area (TPSA) is 12.0 Å². The molecule has 1 atom stereocenters. The van der Waals surface area contributed by atoms with Gasteiger partial charge in [-0.05, 0) is 18.1 Å². The second-order valence-corrected chi connectivity index (χ2v) is 4.20. The molecule has 1 saturated heterocycles. The SMILES string of the molecule is ClC1=C(C2CNC2)C(Cl)CC=C1. The van der Waals surface area contributed by atoms with Gasteiger partial charge in [-0.15, -0.1) is 11.6 Å². The molecule has 0 bridgehead atoms. The van der Waals surface area contributed by atoms with Crippen LogP contribution in [-0.2, 0) is 0 Å². The molecule has 0 amide bonds. The van der Waals surface area contributed by atoms with Gasteiger partial charge in [0.05, 0.1) is 5.38 Å². The van der Waals surface area contributed by atoms with E-state index in [2.05, 4.69) is 5.32 Å². The van der Waals surface area contributed by atoms with Crippen LogP contribution in [0.15, 0.2) is 22.8 Å². The molecule has 0 aromatic heterocycles. The highest BCUT2D eigenvalue weighted by Crippen LogP contribution is 2.33. The Labute approximate surface area is 82.4 Å². The summed E-state index contributed by atoms with van der Waals surface area (Å²) >= 11 is 12.2. The zero-order chi connectivity index (χ0) is 8.55. The standard InChI is InChI=1S/C9H11Cl2N/c10-7-2-1-3-8(11)9(7)6-4-12-5-6/h1-2,6,8,12H,3-5H2. The molecule has 1 N–H and O–H groups in total. The summed E-state index contributed by atoms with van der Waals surface area (Å²) in [5.74, 6) is 0.574. The van der Waals surface area contributed by atoms with Gasteiger partial charge in [-0.2, -0.15) is 0 Å². The van der Waals surface area contributed by atoms with Crippen LogP contribution in [0, 0.1) is 5.92 Å². The van der Waals surface area contributed by atoms with Crippen molar-refractivity contribution in [1.82, 2.24) is 5.32 Å². The van der Waals surface area contributed by atoms with E-state index in [0.717, 1.165) is 24.5 Å². The fourth-order valence-corrected chi connectivity index (χ4v) is 2.45. The van der Waals surface area contributed by atoms with Gasteiger partial charge in [-0.3, -0.25) is 0 Å². The first-order valence-corrected chi connectivity index (χ1v) is 5.01. The summed E-state index contributed by atoms with van der Waals surface area (Å²) in [6.07, 6.45) is 4.92. The maximum absolute atomic E-state index is 6.16. The van der Waals surface area contributed by atoms with Crippen molar-refractivity contribution in [1.29, 1.82) is 0 Å². The third-order valence-electron chi connectivity index (χ3n) is 2.44. The van der Waals surface area contributed by atoms with Gasteiger partial charge in [-0.1, -0.05) is 17.7 Å². The predicted octanol–water partition coefficient (Wildman–Crippen LogP) is 2.27. The fraction of sp³-hybridized carbons (Fsp3) is 0.556. The van der Waals surface area contributed by atoms with Crippen LogP contribution in [0.1, 0.15) is 6.42 Å². The summed E-state index contributed by atoms with van der Waals surface area (Å²) in [6, 6.07) is 0. The summed E-state index contributed by atoms with van der Waals surface area (Å²) < 4.78 is 0. The Bertz CT molecular complexity index is 241. The van der Waals surface area contributed by atoms with Crippen molar-refractivity contribution < 1.29 is 0 Å². The molecule has 2 aliphatic rings. The average molecular weight is 204 g/mol. The second-order valence-electron chi connectivity index (χ2n) is 3.26. The molecule has 1 aliphatic heterocycles. The Balaban J connectivity index is 2.21. The lowest BCUT2D eigenvalue weighted by atomic mass is 9.87. The van der Waals surface area contributed by atoms with Crippen LogP contribution in [0.3, 0.4) is 0 Å². The molecule has 2 rings (SSSR count). The average Bonchev–Trinajstić information content (AvgIpc) is 1.93. The number of hydrogen-bond donors (Lipinski definition) is 1. The Morgan fingerprint density at radius 3 is 2.67 bits per heavy atom. The maximum Gasteiger partial charge on any atom is 0.0600 e. The molecule has 1 aliphatic carbocycles. The zero-order valence-corrected chi connectivity index (χ0v) is 8.20. The highest BCUT2D eigenvalue weighted by atomic mass is 35.5. The van der Waals surface area contributed by atoms with E-state index < -0.39 is 0 Å². The molecule has 3 heteroatoms. The highest BCUT2D eigenvalue weighted by Gasteiger charge is 2.29. The van der Waals surface area contributed by atoms with Crippen LogP contribution in [0.4, 0.5) is 0 Å². The molecule has 1 nitrogen and oxygen atoms in total. The van der Waals surface area contributed by atoms with E-state index in [4.69, 9.17) is 23.2 Å². The molecule has 1 unspecified atom stereocenters. The van der Waals surface area contributed by atoms with Crippen molar-refractivity contribution in [2.45, 2.75) is 11.8 Å². The van der Waals surface area contributed by atoms with Gasteiger partial charge < -0.3 is 5.32 Å². The monoisotopic (exact) mass is 203 g/mol. The largest absolute Gasteiger partial charge is 0.315 e. The molecule has 1 heterocycles. The predicted molar refractivity (Wildman–Crippen MR) is 52.6 cm³/mol. The van der Waals surface area contributed by atoms with Crippen LogP contribution in [0.25, 0.3) is 0 Å². The van der Waals surface area contributed by atoms with E-state index >= 15 is 0 Å². The minimum atomic E-state index is 0.120. The van der Waals surface area contributed by atoms with Crippen LogP contribution < -0.4 is 5.32 Å². The molecule has 0 spiro atoms. The van der Waals surface area contributed by atoms with Gasteiger partial charge in [0, 0.05) is 24.0 Å². The van der Waals surface area contributed by atoms with Gasteiger partial charge in [0.2, 0.25) is 0 Å². The summed E-state index contributed by atoms with van der Waals surface area (Å²) in [5, 5.41) is 4.20. The van der Waals surface area contributed by atoms with Gasteiger partial charge in [0.15, 0.2) is 0 Å². The van der Waals surface area contributed by atoms with Crippen molar-refractivity contribution in [2.24, 2.45) is 5.92 Å². The van der Waals surface area contributed by atoms with E-state index in [1.807, 2.05) is 12.2 Å². The second kappa shape index (κ2) is 3.41. The maximum atomic E-state index is 6.16. The normalized spacial score (nSPS) is 30.7. The third-order valence-corrected chi connectivity index (χ3v) is 3.20. The van der Waals surface area contributed by atoms with E-state index in [1.54, 1.807) is 0 Å². The third kappa shape index (κ3) is 1.41. The Morgan fingerprint density at radius 2 is 2.17 bits per heavy atom. The molecule has 0 radical (unpaired) electrons. The Kier molecular flexibility index (Phi) is 2.44. The lowest BCUT2D eigenvalue weighted by molar-refractivity contribution is 0.390. The van der Waals surface area contributed by atoms with Gasteiger partial charge >= 0.3 is 0 Å². The Hall–Kier alpha value is 0.0200. The number of allylic oxidation sites excluding steroid dienone is 3. The van der Waals surface area contributed by atoms with Gasteiger partial charge in [-0.25, -0.2) is 0 Å². The summed E-state index contributed by atoms with van der Waals surface area (Å²) in [6.45, 7) is 2.06. The number of nitrogens with one attached hydrogen (secondary N) is 1. The molecular formula is C9H11Cl2N. The van der Waals surface area contributed by atoms with E-state index in [9.17, 15) is 0 Å². The first-order chi connectivity index (χ1) is 5.79. The number of alkyl halides is 1. The van der Waals surface area contributed by atoms with Gasteiger partial charge in [0.25, 0.3) is 0 Å². The van der Waals surface area contributed by atoms with E-state index in [1.165, 1.54) is 5.57 Å². The minimum Gasteiger partial charge on any atom is -0.315 e. The molecule has 0 aromatic carbocycles. The summed E-state index contributed by atoms with van der Waals surface area (Å²) in [5.41, 5.74) is 1.24. The minimum absolute atomic E-state index is 0.120. The lowest BCUT2D eigenvalue weighted by Gasteiger charge is -2.33. The molecule has 1 fully saturated rings. The van der Waals surface area contributed by atoms with Crippen molar-refractivity contribution >= 4 is 23.2 Å². The van der Waals surface area contributed by atoms with Crippen molar-refractivity contribution in [3.63, 3.8) is 0 Å². The highest BCUT2D eigenvalue weighted by molar-refractivity contribution is 6.33. The quantitative estimate of drug-likeness (QED) is 0.646. The molecular weight excluding hydrogens is 193 g/mol. The molecule has 66 valence electrons. The molecule has 0 saturated carbocycles. The van der Waals surface area contributed by atoms with Crippen LogP contribution in [0.2, 0.25) is 0 Å². The van der Waals surface area contributed by atoms with E-state index in [-0.39, 0.29) is 5.38 Å². The zero-order valence-electron chi connectivity index (χ0n) is 6.69. The first-order valence-electron chi connectivity index (χ1n) is 4.20. The summed E-state index contributed by atoms with van der Waals surface area (Å²) in [4.78, 5) is 0. The fourth-order valence-electron chi connectivity index (χ4n) is 1.62. The molecule has 12 heavy (non-hydrogen) atoms. The van der Waals surface area contributed by atoms with E-state index in [0.29, 0.717) is 5.92 Å². The first kappa shape index (κ1) is 8.61. The van der Waals surface area contributed by atoms with Crippen LogP contribution in [0.5, 0.6) is 0 Å². The summed E-state index contributed by atoms with van der Waals surface area (Å²) in [7, 11) is 0. The van der Waals surface area contributed by atoms with Crippen molar-refractivity contribution in [2.75, 3.05) is 13.1 Å². The smallest absolute Gasteiger partial charge is 0.0600 e. The van der Waals surface area contributed by atoms with Crippen molar-refractivity contribution in [3.05, 3.63) is 22.8 Å². The Morgan fingerprint density at radius 1 is 1.42 bits per heavy atom. The number of hydrogen-bond acceptors (Lipinski definition) is 1. The number of rotatable bonds is 1.